The highest BCUT2D eigenvalue weighted by Crippen LogP contribution is 2.61. The molecule has 0 saturated heterocycles. The lowest BCUT2D eigenvalue weighted by molar-refractivity contribution is 0.396. The van der Waals surface area contributed by atoms with Gasteiger partial charge >= 0.3 is 0 Å². The molecule has 0 fully saturated rings. The summed E-state index contributed by atoms with van der Waals surface area (Å²) in [4.78, 5) is 4.79. The molecule has 1 aliphatic heterocycles. The van der Waals surface area contributed by atoms with Gasteiger partial charge in [-0.2, -0.15) is 0 Å². The maximum absolute atomic E-state index is 6.02. The number of hydrogen-bond donors (Lipinski definition) is 0. The van der Waals surface area contributed by atoms with E-state index in [1.165, 1.54) is 49.1 Å². The summed E-state index contributed by atoms with van der Waals surface area (Å²) in [5, 5.41) is 6.42. The van der Waals surface area contributed by atoms with Crippen LogP contribution < -0.4 is 14.8 Å². The van der Waals surface area contributed by atoms with E-state index in [2.05, 4.69) is 97.1 Å². The number of aromatic nitrogens is 1. The van der Waals surface area contributed by atoms with Gasteiger partial charge in [0.2, 0.25) is 0 Å². The third-order valence-electron chi connectivity index (χ3n) is 8.13. The molecule has 0 bridgehead atoms. The Balaban J connectivity index is 1.57. The van der Waals surface area contributed by atoms with Gasteiger partial charge in [-0.3, -0.25) is 4.98 Å². The zero-order chi connectivity index (χ0) is 27.1. The van der Waals surface area contributed by atoms with E-state index in [-0.39, 0.29) is 5.66 Å². The lowest BCUT2D eigenvalue weighted by Gasteiger charge is -2.29. The van der Waals surface area contributed by atoms with Gasteiger partial charge in [-0.1, -0.05) is 86.8 Å². The first-order valence-corrected chi connectivity index (χ1v) is 15.3. The van der Waals surface area contributed by atoms with E-state index in [1.54, 1.807) is 14.2 Å². The number of nitrogens with zero attached hydrogens (tertiary/aromatic N) is 1. The van der Waals surface area contributed by atoms with Gasteiger partial charge in [0.15, 0.2) is 0 Å². The average molecular weight is 540 g/mol. The predicted octanol–water partition coefficient (Wildman–Crippen LogP) is 8.68. The number of rotatable bonds is 5. The molecule has 6 aromatic rings. The Labute approximate surface area is 236 Å². The van der Waals surface area contributed by atoms with E-state index in [0.29, 0.717) is 0 Å². The van der Waals surface area contributed by atoms with Crippen LogP contribution in [0.3, 0.4) is 0 Å². The van der Waals surface area contributed by atoms with Gasteiger partial charge in [-0.25, -0.2) is 0 Å². The van der Waals surface area contributed by atoms with Crippen LogP contribution in [-0.4, -0.2) is 19.2 Å². The smallest absolute Gasteiger partial charge is 0.130 e. The Morgan fingerprint density at radius 3 is 2.17 bits per heavy atom. The summed E-state index contributed by atoms with van der Waals surface area (Å²) in [7, 11) is 2.74. The number of fused-ring (bicyclic) bond motifs is 7. The predicted molar refractivity (Wildman–Crippen MR) is 167 cm³/mol. The van der Waals surface area contributed by atoms with Crippen molar-refractivity contribution >= 4 is 34.8 Å². The Hall–Kier alpha value is -4.20. The molecule has 2 heterocycles. The molecule has 0 aliphatic carbocycles. The van der Waals surface area contributed by atoms with E-state index in [4.69, 9.17) is 14.5 Å². The Kier molecular flexibility index (Phi) is 6.46. The summed E-state index contributed by atoms with van der Waals surface area (Å²) in [6.07, 6.45) is 3.73. The fourth-order valence-corrected chi connectivity index (χ4v) is 9.28. The van der Waals surface area contributed by atoms with Crippen molar-refractivity contribution in [1.29, 1.82) is 0 Å². The van der Waals surface area contributed by atoms with Crippen LogP contribution in [-0.2, 0) is 12.6 Å². The Morgan fingerprint density at radius 2 is 1.45 bits per heavy atom. The van der Waals surface area contributed by atoms with Crippen LogP contribution in [0.15, 0.2) is 115 Å². The molecule has 0 unspecified atom stereocenters. The standard InChI is InChI=1S/C36H30NO2P/c1-38-28-17-19-33(32(22-28)39-2)40-23-26-15-14-24-9-3-5-12-29(24)35(26)36-30-13-6-4-10-25(30)16-18-31(36)34(40)21-27-11-7-8-20-37-27/h3-20,22,34H,21,23H2,1-2H3/t34-,40-/m1/s1. The van der Waals surface area contributed by atoms with Crippen molar-refractivity contribution in [3.05, 3.63) is 132 Å². The summed E-state index contributed by atoms with van der Waals surface area (Å²) < 4.78 is 11.6. The monoisotopic (exact) mass is 539 g/mol. The highest BCUT2D eigenvalue weighted by atomic mass is 31.1. The van der Waals surface area contributed by atoms with Crippen molar-refractivity contribution in [3.63, 3.8) is 0 Å². The highest BCUT2D eigenvalue weighted by Gasteiger charge is 2.35. The van der Waals surface area contributed by atoms with Crippen molar-refractivity contribution in [1.82, 2.24) is 4.98 Å². The topological polar surface area (TPSA) is 31.4 Å². The molecule has 0 spiro atoms. The van der Waals surface area contributed by atoms with Crippen molar-refractivity contribution in [2.75, 3.05) is 14.2 Å². The normalized spacial score (nSPS) is 16.2. The molecule has 3 nitrogen and oxygen atoms in total. The number of benzene rings is 5. The second kappa shape index (κ2) is 10.4. The number of methoxy groups -OCH3 is 2. The lowest BCUT2D eigenvalue weighted by atomic mass is 9.86. The number of ether oxygens (including phenoxy) is 2. The second-order valence-electron chi connectivity index (χ2n) is 10.3. The Morgan fingerprint density at radius 1 is 0.725 bits per heavy atom. The van der Waals surface area contributed by atoms with Crippen molar-refractivity contribution in [3.8, 4) is 22.6 Å². The van der Waals surface area contributed by atoms with Crippen LogP contribution in [0.2, 0.25) is 0 Å². The van der Waals surface area contributed by atoms with Gasteiger partial charge in [-0.05, 0) is 74.2 Å². The second-order valence-corrected chi connectivity index (χ2v) is 12.6. The van der Waals surface area contributed by atoms with E-state index in [1.807, 2.05) is 18.3 Å². The molecule has 4 heteroatoms. The van der Waals surface area contributed by atoms with Gasteiger partial charge in [0.05, 0.1) is 14.2 Å². The average Bonchev–Trinajstić information content (AvgIpc) is 3.16. The number of pyridine rings is 1. The van der Waals surface area contributed by atoms with Crippen LogP contribution in [0.25, 0.3) is 32.7 Å². The van der Waals surface area contributed by atoms with Gasteiger partial charge in [-0.15, -0.1) is 0 Å². The van der Waals surface area contributed by atoms with Crippen LogP contribution in [0.1, 0.15) is 22.5 Å². The maximum atomic E-state index is 6.02. The van der Waals surface area contributed by atoms with Gasteiger partial charge < -0.3 is 9.47 Å². The third kappa shape index (κ3) is 4.22. The zero-order valence-electron chi connectivity index (χ0n) is 22.7. The summed E-state index contributed by atoms with van der Waals surface area (Å²) in [6, 6.07) is 39.5. The molecule has 5 aromatic carbocycles. The molecule has 0 N–H and O–H groups in total. The molecule has 196 valence electrons. The molecule has 1 aliphatic rings. The first-order chi connectivity index (χ1) is 19.7. The van der Waals surface area contributed by atoms with Crippen molar-refractivity contribution in [2.45, 2.75) is 18.2 Å². The molecule has 0 saturated carbocycles. The molecule has 7 rings (SSSR count). The van der Waals surface area contributed by atoms with Crippen molar-refractivity contribution < 1.29 is 9.47 Å². The highest BCUT2D eigenvalue weighted by molar-refractivity contribution is 7.65. The molecule has 0 amide bonds. The summed E-state index contributed by atoms with van der Waals surface area (Å²) in [5.74, 6) is 1.70. The third-order valence-corrected chi connectivity index (χ3v) is 11.0. The van der Waals surface area contributed by atoms with E-state index < -0.39 is 7.92 Å². The lowest BCUT2D eigenvalue weighted by Crippen LogP contribution is -2.14. The summed E-state index contributed by atoms with van der Waals surface area (Å²) in [5.41, 5.74) is 6.88. The summed E-state index contributed by atoms with van der Waals surface area (Å²) >= 11 is 0. The van der Waals surface area contributed by atoms with Gasteiger partial charge in [0.25, 0.3) is 0 Å². The fraction of sp³-hybridized carbons (Fsp3) is 0.139. The Bertz CT molecular complexity index is 1850. The van der Waals surface area contributed by atoms with E-state index in [9.17, 15) is 0 Å². The van der Waals surface area contributed by atoms with Crippen LogP contribution in [0.4, 0.5) is 0 Å². The largest absolute Gasteiger partial charge is 0.497 e. The van der Waals surface area contributed by atoms with Crippen LogP contribution in [0, 0.1) is 0 Å². The SMILES string of the molecule is COc1ccc([P@@]2Cc3ccc4ccccc4c3-c3c(ccc4ccccc34)[C@H]2Cc2ccccn2)c(OC)c1. The quantitative estimate of drug-likeness (QED) is 0.205. The first-order valence-electron chi connectivity index (χ1n) is 13.7. The number of hydrogen-bond acceptors (Lipinski definition) is 3. The maximum Gasteiger partial charge on any atom is 0.130 e. The molecule has 1 aromatic heterocycles. The molecule has 0 radical (unpaired) electrons. The van der Waals surface area contributed by atoms with Crippen LogP contribution in [0.5, 0.6) is 11.5 Å². The van der Waals surface area contributed by atoms with E-state index in [0.717, 1.165) is 29.8 Å². The molecule has 40 heavy (non-hydrogen) atoms. The van der Waals surface area contributed by atoms with Gasteiger partial charge in [0, 0.05) is 35.3 Å². The summed E-state index contributed by atoms with van der Waals surface area (Å²) in [6.45, 7) is 0. The minimum Gasteiger partial charge on any atom is -0.497 e. The first kappa shape index (κ1) is 24.8. The van der Waals surface area contributed by atoms with Crippen molar-refractivity contribution in [2.24, 2.45) is 0 Å². The van der Waals surface area contributed by atoms with E-state index >= 15 is 0 Å². The molecular formula is C36H30NO2P. The molecule has 2 atom stereocenters. The minimum atomic E-state index is -0.729. The fourth-order valence-electron chi connectivity index (χ4n) is 6.26. The van der Waals surface area contributed by atoms with Crippen LogP contribution >= 0.6 is 7.92 Å². The van der Waals surface area contributed by atoms with Gasteiger partial charge in [0.1, 0.15) is 11.5 Å². The zero-order valence-corrected chi connectivity index (χ0v) is 23.6. The minimum absolute atomic E-state index is 0.248. The molecular weight excluding hydrogens is 509 g/mol.